The molecule has 2 aromatic rings. The molecule has 94 valence electrons. The Morgan fingerprint density at radius 3 is 2.94 bits per heavy atom. The highest BCUT2D eigenvalue weighted by molar-refractivity contribution is 7.80. The first-order valence-electron chi connectivity index (χ1n) is 5.25. The molecule has 0 bridgehead atoms. The molecule has 0 radical (unpaired) electrons. The predicted molar refractivity (Wildman–Crippen MR) is 73.8 cm³/mol. The van der Waals surface area contributed by atoms with Gasteiger partial charge in [0.15, 0.2) is 6.33 Å². The Balaban J connectivity index is 1.94. The van der Waals surface area contributed by atoms with Gasteiger partial charge < -0.3 is 15.6 Å². The van der Waals surface area contributed by atoms with Gasteiger partial charge in [-0.05, 0) is 18.2 Å². The average molecular weight is 283 g/mol. The molecule has 0 aliphatic carbocycles. The molecule has 0 amide bonds. The highest BCUT2D eigenvalue weighted by atomic mass is 35.5. The number of nitrogens with one attached hydrogen (secondary N) is 1. The van der Waals surface area contributed by atoms with Crippen molar-refractivity contribution in [2.75, 3.05) is 11.9 Å². The van der Waals surface area contributed by atoms with Crippen LogP contribution in [0.1, 0.15) is 11.5 Å². The molecule has 18 heavy (non-hydrogen) atoms. The van der Waals surface area contributed by atoms with Gasteiger partial charge in [-0.3, -0.25) is 0 Å². The lowest BCUT2D eigenvalue weighted by molar-refractivity contribution is 0.380. The maximum absolute atomic E-state index is 6.05. The van der Waals surface area contributed by atoms with E-state index in [0.29, 0.717) is 29.4 Å². The van der Waals surface area contributed by atoms with Crippen LogP contribution >= 0.6 is 23.8 Å². The van der Waals surface area contributed by atoms with E-state index in [1.54, 1.807) is 12.1 Å². The number of halogens is 1. The molecular formula is C11H11ClN4OS. The second kappa shape index (κ2) is 5.79. The minimum atomic E-state index is 0.289. The Labute approximate surface area is 114 Å². The molecule has 0 aliphatic heterocycles. The van der Waals surface area contributed by atoms with Gasteiger partial charge in [-0.2, -0.15) is 4.98 Å². The summed E-state index contributed by atoms with van der Waals surface area (Å²) in [7, 11) is 0. The molecule has 0 unspecified atom stereocenters. The Morgan fingerprint density at radius 2 is 2.33 bits per heavy atom. The highest BCUT2D eigenvalue weighted by Gasteiger charge is 2.04. The number of nitrogens with two attached hydrogens (primary N) is 1. The molecule has 0 fully saturated rings. The number of hydrogen-bond acceptors (Lipinski definition) is 5. The van der Waals surface area contributed by atoms with Crippen LogP contribution in [0.15, 0.2) is 29.0 Å². The molecule has 0 atom stereocenters. The van der Waals surface area contributed by atoms with Gasteiger partial charge in [0.2, 0.25) is 5.89 Å². The lowest BCUT2D eigenvalue weighted by atomic mass is 10.2. The fourth-order valence-corrected chi connectivity index (χ4v) is 1.96. The van der Waals surface area contributed by atoms with Gasteiger partial charge >= 0.3 is 0 Å². The van der Waals surface area contributed by atoms with Crippen LogP contribution in [-0.4, -0.2) is 21.7 Å². The first kappa shape index (κ1) is 12.8. The second-order valence-electron chi connectivity index (χ2n) is 3.57. The number of aromatic nitrogens is 2. The summed E-state index contributed by atoms with van der Waals surface area (Å²) >= 11 is 10.9. The number of anilines is 1. The largest absolute Gasteiger partial charge is 0.389 e. The Bertz CT molecular complexity index is 544. The van der Waals surface area contributed by atoms with Crippen molar-refractivity contribution < 1.29 is 4.52 Å². The molecule has 1 heterocycles. The minimum absolute atomic E-state index is 0.289. The van der Waals surface area contributed by atoms with E-state index in [0.717, 1.165) is 5.69 Å². The minimum Gasteiger partial charge on any atom is -0.389 e. The zero-order chi connectivity index (χ0) is 13.0. The predicted octanol–water partition coefficient (Wildman–Crippen LogP) is 2.01. The number of thiocarbonyl (C=S) groups is 1. The van der Waals surface area contributed by atoms with Gasteiger partial charge in [0.05, 0.1) is 5.02 Å². The summed E-state index contributed by atoms with van der Waals surface area (Å²) in [6, 6.07) is 5.44. The van der Waals surface area contributed by atoms with Gasteiger partial charge in [-0.1, -0.05) is 29.0 Å². The normalized spacial score (nSPS) is 10.3. The topological polar surface area (TPSA) is 77.0 Å². The summed E-state index contributed by atoms with van der Waals surface area (Å²) in [5, 5.41) is 7.26. The van der Waals surface area contributed by atoms with Crippen molar-refractivity contribution in [1.29, 1.82) is 0 Å². The summed E-state index contributed by atoms with van der Waals surface area (Å²) in [5.74, 6) is 0.591. The second-order valence-corrected chi connectivity index (χ2v) is 4.42. The lowest BCUT2D eigenvalue weighted by Gasteiger charge is -2.07. The number of nitrogens with zero attached hydrogens (tertiary/aromatic N) is 2. The van der Waals surface area contributed by atoms with Gasteiger partial charge in [-0.15, -0.1) is 0 Å². The third kappa shape index (κ3) is 3.18. The van der Waals surface area contributed by atoms with E-state index in [4.69, 9.17) is 34.1 Å². The van der Waals surface area contributed by atoms with Crippen molar-refractivity contribution in [2.45, 2.75) is 6.42 Å². The van der Waals surface area contributed by atoms with Crippen LogP contribution in [0.3, 0.4) is 0 Å². The van der Waals surface area contributed by atoms with Gasteiger partial charge in [0.25, 0.3) is 0 Å². The monoisotopic (exact) mass is 282 g/mol. The summed E-state index contributed by atoms with van der Waals surface area (Å²) in [6.45, 7) is 0.672. The van der Waals surface area contributed by atoms with E-state index in [9.17, 15) is 0 Å². The molecule has 1 aromatic heterocycles. The Morgan fingerprint density at radius 1 is 1.50 bits per heavy atom. The SMILES string of the molecule is NC(=S)c1ccc(NCCc2ncno2)cc1Cl. The van der Waals surface area contributed by atoms with Crippen LogP contribution in [0.5, 0.6) is 0 Å². The molecule has 0 saturated carbocycles. The first-order valence-corrected chi connectivity index (χ1v) is 6.04. The van der Waals surface area contributed by atoms with Crippen molar-refractivity contribution in [2.24, 2.45) is 5.73 Å². The van der Waals surface area contributed by atoms with Crippen molar-refractivity contribution in [3.05, 3.63) is 41.0 Å². The van der Waals surface area contributed by atoms with Crippen molar-refractivity contribution >= 4 is 34.5 Å². The standard InChI is InChI=1S/C11H11ClN4OS/c12-9-5-7(1-2-8(9)11(13)18)14-4-3-10-15-6-16-17-10/h1-2,5-6,14H,3-4H2,(H2,13,18). The third-order valence-corrected chi connectivity index (χ3v) is 2.84. The highest BCUT2D eigenvalue weighted by Crippen LogP contribution is 2.20. The van der Waals surface area contributed by atoms with E-state index in [1.165, 1.54) is 6.33 Å². The number of hydrogen-bond donors (Lipinski definition) is 2. The van der Waals surface area contributed by atoms with E-state index in [1.807, 2.05) is 6.07 Å². The zero-order valence-electron chi connectivity index (χ0n) is 9.39. The van der Waals surface area contributed by atoms with Gasteiger partial charge in [0, 0.05) is 24.2 Å². The van der Waals surface area contributed by atoms with Crippen LogP contribution < -0.4 is 11.1 Å². The van der Waals surface area contributed by atoms with E-state index in [2.05, 4.69) is 15.5 Å². The molecule has 7 heteroatoms. The van der Waals surface area contributed by atoms with Crippen LogP contribution in [-0.2, 0) is 6.42 Å². The lowest BCUT2D eigenvalue weighted by Crippen LogP contribution is -2.10. The van der Waals surface area contributed by atoms with E-state index < -0.39 is 0 Å². The van der Waals surface area contributed by atoms with Crippen molar-refractivity contribution in [3.63, 3.8) is 0 Å². The summed E-state index contributed by atoms with van der Waals surface area (Å²) in [4.78, 5) is 4.21. The van der Waals surface area contributed by atoms with Crippen LogP contribution in [0.2, 0.25) is 5.02 Å². The zero-order valence-corrected chi connectivity index (χ0v) is 11.0. The molecule has 3 N–H and O–H groups in total. The third-order valence-electron chi connectivity index (χ3n) is 2.31. The Hall–Kier alpha value is -1.66. The van der Waals surface area contributed by atoms with Crippen molar-refractivity contribution in [1.82, 2.24) is 10.1 Å². The van der Waals surface area contributed by atoms with Gasteiger partial charge in [0.1, 0.15) is 4.99 Å². The average Bonchev–Trinajstić information content (AvgIpc) is 2.81. The molecule has 0 spiro atoms. The van der Waals surface area contributed by atoms with Crippen LogP contribution in [0.4, 0.5) is 5.69 Å². The maximum Gasteiger partial charge on any atom is 0.228 e. The smallest absolute Gasteiger partial charge is 0.228 e. The van der Waals surface area contributed by atoms with E-state index >= 15 is 0 Å². The van der Waals surface area contributed by atoms with Crippen molar-refractivity contribution in [3.8, 4) is 0 Å². The summed E-state index contributed by atoms with van der Waals surface area (Å²) in [6.07, 6.45) is 2.03. The number of rotatable bonds is 5. The molecule has 5 nitrogen and oxygen atoms in total. The summed E-state index contributed by atoms with van der Waals surface area (Å²) in [5.41, 5.74) is 7.09. The van der Waals surface area contributed by atoms with E-state index in [-0.39, 0.29) is 4.99 Å². The fourth-order valence-electron chi connectivity index (χ4n) is 1.44. The first-order chi connectivity index (χ1) is 8.66. The molecule has 1 aromatic carbocycles. The van der Waals surface area contributed by atoms with Gasteiger partial charge in [-0.25, -0.2) is 0 Å². The molecular weight excluding hydrogens is 272 g/mol. The molecule has 0 aliphatic rings. The van der Waals surface area contributed by atoms with Crippen LogP contribution in [0, 0.1) is 0 Å². The summed E-state index contributed by atoms with van der Waals surface area (Å²) < 4.78 is 4.88. The quantitative estimate of drug-likeness (QED) is 0.817. The molecule has 0 saturated heterocycles. The molecule has 2 rings (SSSR count). The van der Waals surface area contributed by atoms with Crippen LogP contribution in [0.25, 0.3) is 0 Å². The number of benzene rings is 1. The Kier molecular flexibility index (Phi) is 4.11. The fraction of sp³-hybridized carbons (Fsp3) is 0.182. The maximum atomic E-state index is 6.05.